The van der Waals surface area contributed by atoms with Crippen molar-refractivity contribution in [2.45, 2.75) is 38.9 Å². The Morgan fingerprint density at radius 3 is 2.64 bits per heavy atom. The first-order chi connectivity index (χ1) is 11.9. The van der Waals surface area contributed by atoms with Gasteiger partial charge in [-0.15, -0.1) is 11.3 Å². The number of hydrogen-bond acceptors (Lipinski definition) is 4. The maximum absolute atomic E-state index is 13.2. The van der Waals surface area contributed by atoms with Gasteiger partial charge in [0.2, 0.25) is 0 Å². The van der Waals surface area contributed by atoms with E-state index in [0.29, 0.717) is 24.1 Å². The summed E-state index contributed by atoms with van der Waals surface area (Å²) in [5, 5.41) is 0.661. The van der Waals surface area contributed by atoms with E-state index in [-0.39, 0.29) is 16.9 Å². The fraction of sp³-hybridized carbons (Fsp3) is 0.368. The molecule has 25 heavy (non-hydrogen) atoms. The second-order valence-corrected chi connectivity index (χ2v) is 7.85. The summed E-state index contributed by atoms with van der Waals surface area (Å²) in [6, 6.07) is 9.10. The molecular weight excluding hydrogens is 336 g/mol. The molecule has 1 aromatic carbocycles. The van der Waals surface area contributed by atoms with Crippen molar-refractivity contribution in [3.05, 3.63) is 61.6 Å². The average molecular weight is 356 g/mol. The van der Waals surface area contributed by atoms with Crippen LogP contribution >= 0.6 is 11.3 Å². The first kappa shape index (κ1) is 16.3. The third-order valence-corrected chi connectivity index (χ3v) is 6.42. The predicted octanol–water partition coefficient (Wildman–Crippen LogP) is 2.99. The zero-order chi connectivity index (χ0) is 17.8. The van der Waals surface area contributed by atoms with Crippen LogP contribution in [0.5, 0.6) is 0 Å². The maximum atomic E-state index is 13.2. The third kappa shape index (κ3) is 2.40. The summed E-state index contributed by atoms with van der Waals surface area (Å²) in [4.78, 5) is 27.8. The fourth-order valence-corrected chi connectivity index (χ4v) is 4.57. The molecule has 0 radical (unpaired) electrons. The Bertz CT molecular complexity index is 1080. The highest BCUT2D eigenvalue weighted by Crippen LogP contribution is 2.38. The number of aryl methyl sites for hydroxylation is 1. The van der Waals surface area contributed by atoms with Gasteiger partial charge < -0.3 is 4.74 Å². The van der Waals surface area contributed by atoms with Crippen LogP contribution in [-0.2, 0) is 24.8 Å². The smallest absolute Gasteiger partial charge is 0.336 e. The van der Waals surface area contributed by atoms with Gasteiger partial charge in [-0.2, -0.15) is 0 Å². The molecule has 0 unspecified atom stereocenters. The Kier molecular flexibility index (Phi) is 3.70. The topological polar surface area (TPSA) is 53.2 Å². The molecule has 6 heteroatoms. The Hall–Kier alpha value is -2.18. The van der Waals surface area contributed by atoms with Gasteiger partial charge in [-0.05, 0) is 31.0 Å². The first-order valence-corrected chi connectivity index (χ1v) is 9.22. The zero-order valence-corrected chi connectivity index (χ0v) is 15.4. The van der Waals surface area contributed by atoms with E-state index in [4.69, 9.17) is 4.74 Å². The molecule has 3 heterocycles. The third-order valence-electron chi connectivity index (χ3n) is 5.14. The van der Waals surface area contributed by atoms with E-state index in [1.165, 1.54) is 15.9 Å². The van der Waals surface area contributed by atoms with E-state index in [1.807, 2.05) is 18.2 Å². The molecule has 0 saturated carbocycles. The normalized spacial score (nSPS) is 20.0. The van der Waals surface area contributed by atoms with Crippen molar-refractivity contribution in [3.8, 4) is 5.69 Å². The van der Waals surface area contributed by atoms with Crippen LogP contribution in [-0.4, -0.2) is 14.7 Å². The highest BCUT2D eigenvalue weighted by atomic mass is 32.1. The van der Waals surface area contributed by atoms with Crippen LogP contribution in [0.3, 0.4) is 0 Å². The minimum atomic E-state index is -0.318. The molecule has 1 atom stereocenters. The van der Waals surface area contributed by atoms with Crippen molar-refractivity contribution in [3.63, 3.8) is 0 Å². The van der Waals surface area contributed by atoms with E-state index in [9.17, 15) is 9.59 Å². The fourth-order valence-electron chi connectivity index (χ4n) is 3.39. The summed E-state index contributed by atoms with van der Waals surface area (Å²) >= 11 is 1.49. The summed E-state index contributed by atoms with van der Waals surface area (Å²) in [6.07, 6.45) is 1.57. The molecule has 3 aromatic rings. The maximum Gasteiger partial charge on any atom is 0.336 e. The van der Waals surface area contributed by atoms with E-state index in [1.54, 1.807) is 23.7 Å². The second kappa shape index (κ2) is 5.68. The monoisotopic (exact) mass is 356 g/mol. The standard InChI is InChI=1S/C19H20N2O3S/c1-4-19(2)10-13-14(11-24-19)25-17-15(13)16(22)21(18(23)20(17)3)12-8-6-5-7-9-12/h5-9H,4,10-11H2,1-3H3/t19-/m1/s1. The van der Waals surface area contributed by atoms with Crippen molar-refractivity contribution >= 4 is 21.6 Å². The molecule has 130 valence electrons. The SMILES string of the molecule is CC[C@]1(C)Cc2c(sc3c2c(=O)n(-c2ccccc2)c(=O)n3C)CO1. The van der Waals surface area contributed by atoms with Crippen LogP contribution in [0.25, 0.3) is 15.9 Å². The molecule has 4 rings (SSSR count). The van der Waals surface area contributed by atoms with Crippen LogP contribution in [0, 0.1) is 0 Å². The molecule has 0 fully saturated rings. The molecule has 0 aliphatic carbocycles. The summed E-state index contributed by atoms with van der Waals surface area (Å²) in [7, 11) is 1.73. The number of rotatable bonds is 2. The van der Waals surface area contributed by atoms with Gasteiger partial charge in [0.15, 0.2) is 0 Å². The number of nitrogens with zero attached hydrogens (tertiary/aromatic N) is 2. The van der Waals surface area contributed by atoms with E-state index in [2.05, 4.69) is 13.8 Å². The van der Waals surface area contributed by atoms with E-state index in [0.717, 1.165) is 21.7 Å². The van der Waals surface area contributed by atoms with E-state index < -0.39 is 0 Å². The molecule has 0 amide bonds. The lowest BCUT2D eigenvalue weighted by molar-refractivity contribution is -0.0543. The number of fused-ring (bicyclic) bond motifs is 3. The van der Waals surface area contributed by atoms with Gasteiger partial charge in [0.25, 0.3) is 5.56 Å². The van der Waals surface area contributed by atoms with Gasteiger partial charge in [0.1, 0.15) is 4.83 Å². The molecule has 1 aliphatic heterocycles. The highest BCUT2D eigenvalue weighted by molar-refractivity contribution is 7.18. The predicted molar refractivity (Wildman–Crippen MR) is 99.9 cm³/mol. The van der Waals surface area contributed by atoms with Crippen LogP contribution in [0.1, 0.15) is 30.7 Å². The lowest BCUT2D eigenvalue weighted by atomic mass is 9.90. The van der Waals surface area contributed by atoms with E-state index >= 15 is 0 Å². The Morgan fingerprint density at radius 1 is 1.24 bits per heavy atom. The minimum Gasteiger partial charge on any atom is -0.369 e. The van der Waals surface area contributed by atoms with Crippen LogP contribution in [0.4, 0.5) is 0 Å². The van der Waals surface area contributed by atoms with Crippen molar-refractivity contribution in [2.75, 3.05) is 0 Å². The molecule has 0 bridgehead atoms. The number of ether oxygens (including phenoxy) is 1. The molecular formula is C19H20N2O3S. The lowest BCUT2D eigenvalue weighted by Crippen LogP contribution is -2.38. The summed E-state index contributed by atoms with van der Waals surface area (Å²) in [5.74, 6) is 0. The molecule has 0 saturated heterocycles. The van der Waals surface area contributed by atoms with Crippen LogP contribution in [0.15, 0.2) is 39.9 Å². The average Bonchev–Trinajstić information content (AvgIpc) is 2.99. The minimum absolute atomic E-state index is 0.234. The highest BCUT2D eigenvalue weighted by Gasteiger charge is 2.33. The Labute approximate surface area is 149 Å². The first-order valence-electron chi connectivity index (χ1n) is 8.41. The number of benzene rings is 1. The molecule has 0 N–H and O–H groups in total. The van der Waals surface area contributed by atoms with Gasteiger partial charge in [0.05, 0.1) is 23.3 Å². The number of hydrogen-bond donors (Lipinski definition) is 0. The molecule has 0 spiro atoms. The van der Waals surface area contributed by atoms with Crippen LogP contribution in [0.2, 0.25) is 0 Å². The van der Waals surface area contributed by atoms with Gasteiger partial charge in [-0.1, -0.05) is 25.1 Å². The van der Waals surface area contributed by atoms with Gasteiger partial charge >= 0.3 is 5.69 Å². The van der Waals surface area contributed by atoms with Crippen LogP contribution < -0.4 is 11.2 Å². The summed E-state index contributed by atoms with van der Waals surface area (Å²) < 4.78 is 8.86. The summed E-state index contributed by atoms with van der Waals surface area (Å²) in [5.41, 5.74) is 0.824. The van der Waals surface area contributed by atoms with Crippen molar-refractivity contribution in [1.82, 2.24) is 9.13 Å². The molecule has 1 aliphatic rings. The van der Waals surface area contributed by atoms with Gasteiger partial charge in [-0.25, -0.2) is 9.36 Å². The van der Waals surface area contributed by atoms with Gasteiger partial charge in [-0.3, -0.25) is 9.36 Å². The van der Waals surface area contributed by atoms with Crippen molar-refractivity contribution in [1.29, 1.82) is 0 Å². The second-order valence-electron chi connectivity index (χ2n) is 6.77. The summed E-state index contributed by atoms with van der Waals surface area (Å²) in [6.45, 7) is 4.67. The Morgan fingerprint density at radius 2 is 1.96 bits per heavy atom. The number of aromatic nitrogens is 2. The molecule has 5 nitrogen and oxygen atoms in total. The zero-order valence-electron chi connectivity index (χ0n) is 14.5. The molecule has 2 aromatic heterocycles. The Balaban J connectivity index is 2.07. The van der Waals surface area contributed by atoms with Gasteiger partial charge in [0, 0.05) is 18.3 Å². The number of thiophene rings is 1. The largest absolute Gasteiger partial charge is 0.369 e. The lowest BCUT2D eigenvalue weighted by Gasteiger charge is -2.32. The number of para-hydroxylation sites is 1. The van der Waals surface area contributed by atoms with Crippen molar-refractivity contribution < 1.29 is 4.74 Å². The quantitative estimate of drug-likeness (QED) is 0.709. The van der Waals surface area contributed by atoms with Crippen molar-refractivity contribution in [2.24, 2.45) is 7.05 Å².